The van der Waals surface area contributed by atoms with Gasteiger partial charge in [-0.1, -0.05) is 31.9 Å². The monoisotopic (exact) mass is 286 g/mol. The summed E-state index contributed by atoms with van der Waals surface area (Å²) >= 11 is 0. The van der Waals surface area contributed by atoms with Crippen LogP contribution < -0.4 is 5.69 Å². The quantitative estimate of drug-likeness (QED) is 0.848. The first-order valence-electron chi connectivity index (χ1n) is 7.93. The van der Waals surface area contributed by atoms with Crippen LogP contribution >= 0.6 is 0 Å². The number of carbonyl (C=O) groups excluding carboxylic acids is 1. The Morgan fingerprint density at radius 1 is 1.14 bits per heavy atom. The van der Waals surface area contributed by atoms with Crippen molar-refractivity contribution in [3.05, 3.63) is 34.7 Å². The Kier molecular flexibility index (Phi) is 3.95. The number of carbonyl (C=O) groups is 1. The highest BCUT2D eigenvalue weighted by molar-refractivity contribution is 5.84. The Morgan fingerprint density at radius 2 is 1.76 bits per heavy atom. The van der Waals surface area contributed by atoms with Crippen LogP contribution in [0.1, 0.15) is 39.0 Å². The Hall–Kier alpha value is -1.84. The zero-order chi connectivity index (χ0) is 14.8. The second-order valence-electron chi connectivity index (χ2n) is 5.96. The van der Waals surface area contributed by atoms with E-state index in [2.05, 4.69) is 6.92 Å². The summed E-state index contributed by atoms with van der Waals surface area (Å²) in [5, 5.41) is 0. The molecule has 1 aliphatic carbocycles. The lowest BCUT2D eigenvalue weighted by Crippen LogP contribution is -2.29. The average Bonchev–Trinajstić information content (AvgIpc) is 3.11. The molecule has 1 aliphatic rings. The Morgan fingerprint density at radius 3 is 2.38 bits per heavy atom. The summed E-state index contributed by atoms with van der Waals surface area (Å²) in [6, 6.07) is 7.76. The second kappa shape index (κ2) is 5.88. The third-order valence-electron chi connectivity index (χ3n) is 4.50. The summed E-state index contributed by atoms with van der Waals surface area (Å²) in [4.78, 5) is 25.0. The summed E-state index contributed by atoms with van der Waals surface area (Å²) in [5.74, 6) is 0.374. The van der Waals surface area contributed by atoms with Crippen molar-refractivity contribution in [3.8, 4) is 0 Å². The number of benzene rings is 1. The van der Waals surface area contributed by atoms with Crippen molar-refractivity contribution in [3.63, 3.8) is 0 Å². The number of aromatic nitrogens is 2. The van der Waals surface area contributed by atoms with Crippen LogP contribution in [-0.2, 0) is 17.9 Å². The van der Waals surface area contributed by atoms with Crippen molar-refractivity contribution >= 4 is 16.8 Å². The van der Waals surface area contributed by atoms with Crippen molar-refractivity contribution in [2.45, 2.75) is 52.1 Å². The number of hydrogen-bond donors (Lipinski definition) is 0. The molecule has 2 aromatic rings. The Labute approximate surface area is 124 Å². The number of nitrogens with zero attached hydrogens (tertiary/aromatic N) is 2. The molecule has 112 valence electrons. The van der Waals surface area contributed by atoms with E-state index in [1.165, 1.54) is 0 Å². The molecule has 1 fully saturated rings. The number of aryl methyl sites for hydroxylation is 1. The molecule has 0 unspecified atom stereocenters. The minimum absolute atomic E-state index is 0.0515. The van der Waals surface area contributed by atoms with E-state index >= 15 is 0 Å². The molecule has 4 heteroatoms. The zero-order valence-electron chi connectivity index (χ0n) is 12.5. The molecular weight excluding hydrogens is 264 g/mol. The predicted octanol–water partition coefficient (Wildman–Crippen LogP) is 2.97. The highest BCUT2D eigenvalue weighted by atomic mass is 16.2. The molecule has 1 aromatic carbocycles. The van der Waals surface area contributed by atoms with Gasteiger partial charge in [0.15, 0.2) is 5.78 Å². The summed E-state index contributed by atoms with van der Waals surface area (Å²) < 4.78 is 3.45. The number of para-hydroxylation sites is 2. The molecule has 21 heavy (non-hydrogen) atoms. The van der Waals surface area contributed by atoms with Crippen molar-refractivity contribution in [2.24, 2.45) is 5.92 Å². The molecule has 1 saturated carbocycles. The molecule has 0 amide bonds. The Bertz CT molecular complexity index is 705. The lowest BCUT2D eigenvalue weighted by atomic mass is 10.0. The van der Waals surface area contributed by atoms with Crippen LogP contribution in [0, 0.1) is 5.92 Å². The van der Waals surface area contributed by atoms with Gasteiger partial charge in [-0.25, -0.2) is 4.79 Å². The molecule has 1 heterocycles. The van der Waals surface area contributed by atoms with Crippen molar-refractivity contribution in [1.82, 2.24) is 9.13 Å². The second-order valence-corrected chi connectivity index (χ2v) is 5.96. The fourth-order valence-electron chi connectivity index (χ4n) is 3.40. The molecule has 0 spiro atoms. The number of ketones is 1. The smallest absolute Gasteiger partial charge is 0.297 e. The maximum atomic E-state index is 12.6. The molecule has 3 rings (SSSR count). The molecule has 0 N–H and O–H groups in total. The first-order chi connectivity index (χ1) is 10.2. The summed E-state index contributed by atoms with van der Waals surface area (Å²) in [6.45, 7) is 2.98. The van der Waals surface area contributed by atoms with Crippen molar-refractivity contribution in [2.75, 3.05) is 0 Å². The average molecular weight is 286 g/mol. The Balaban J connectivity index is 1.99. The fraction of sp³-hybridized carbons (Fsp3) is 0.529. The van der Waals surface area contributed by atoms with Crippen LogP contribution in [-0.4, -0.2) is 14.9 Å². The van der Waals surface area contributed by atoms with Gasteiger partial charge in [0, 0.05) is 12.5 Å². The minimum Gasteiger partial charge on any atom is -0.297 e. The van der Waals surface area contributed by atoms with Crippen LogP contribution in [0.4, 0.5) is 0 Å². The fourth-order valence-corrected chi connectivity index (χ4v) is 3.40. The van der Waals surface area contributed by atoms with Crippen LogP contribution in [0.5, 0.6) is 0 Å². The first kappa shape index (κ1) is 14.1. The molecular formula is C17H22N2O2. The van der Waals surface area contributed by atoms with Crippen LogP contribution in [0.15, 0.2) is 29.1 Å². The molecule has 4 nitrogen and oxygen atoms in total. The van der Waals surface area contributed by atoms with Gasteiger partial charge >= 0.3 is 5.69 Å². The number of fused-ring (bicyclic) bond motifs is 1. The highest BCUT2D eigenvalue weighted by Crippen LogP contribution is 2.26. The van der Waals surface area contributed by atoms with Gasteiger partial charge < -0.3 is 0 Å². The summed E-state index contributed by atoms with van der Waals surface area (Å²) in [6.07, 6.45) is 5.17. The van der Waals surface area contributed by atoms with Crippen LogP contribution in [0.3, 0.4) is 0 Å². The summed E-state index contributed by atoms with van der Waals surface area (Å²) in [7, 11) is 0. The third-order valence-corrected chi connectivity index (χ3v) is 4.50. The zero-order valence-corrected chi connectivity index (χ0v) is 12.5. The van der Waals surface area contributed by atoms with E-state index in [-0.39, 0.29) is 23.9 Å². The largest absolute Gasteiger partial charge is 0.329 e. The number of rotatable bonds is 5. The predicted molar refractivity (Wildman–Crippen MR) is 83.5 cm³/mol. The van der Waals surface area contributed by atoms with Gasteiger partial charge in [-0.05, 0) is 31.4 Å². The van der Waals surface area contributed by atoms with Gasteiger partial charge in [-0.2, -0.15) is 0 Å². The van der Waals surface area contributed by atoms with Crippen molar-refractivity contribution < 1.29 is 4.79 Å². The van der Waals surface area contributed by atoms with Gasteiger partial charge in [0.05, 0.1) is 17.6 Å². The van der Waals surface area contributed by atoms with E-state index in [1.807, 2.05) is 24.3 Å². The maximum absolute atomic E-state index is 12.6. The van der Waals surface area contributed by atoms with Gasteiger partial charge in [0.1, 0.15) is 0 Å². The summed E-state index contributed by atoms with van der Waals surface area (Å²) in [5.41, 5.74) is 1.76. The van der Waals surface area contributed by atoms with Gasteiger partial charge in [0.2, 0.25) is 0 Å². The number of Topliss-reactive ketones (excluding diaryl/α,β-unsaturated/α-hetero) is 1. The van der Waals surface area contributed by atoms with Crippen LogP contribution in [0.25, 0.3) is 11.0 Å². The first-order valence-corrected chi connectivity index (χ1v) is 7.93. The molecule has 0 atom stereocenters. The molecule has 0 saturated heterocycles. The molecule has 0 radical (unpaired) electrons. The van der Waals surface area contributed by atoms with E-state index < -0.39 is 0 Å². The van der Waals surface area contributed by atoms with Gasteiger partial charge in [-0.3, -0.25) is 13.9 Å². The number of imidazole rings is 1. The molecule has 0 bridgehead atoms. The van der Waals surface area contributed by atoms with Gasteiger partial charge in [0.25, 0.3) is 0 Å². The van der Waals surface area contributed by atoms with Gasteiger partial charge in [-0.15, -0.1) is 0 Å². The van der Waals surface area contributed by atoms with Crippen LogP contribution in [0.2, 0.25) is 0 Å². The SMILES string of the molecule is CCCn1c(=O)n(CC(=O)C2CCCC2)c2ccccc21. The highest BCUT2D eigenvalue weighted by Gasteiger charge is 2.24. The number of hydrogen-bond acceptors (Lipinski definition) is 2. The van der Waals surface area contributed by atoms with Crippen molar-refractivity contribution in [1.29, 1.82) is 0 Å². The maximum Gasteiger partial charge on any atom is 0.329 e. The van der Waals surface area contributed by atoms with E-state index in [1.54, 1.807) is 9.13 Å². The van der Waals surface area contributed by atoms with E-state index in [4.69, 9.17) is 0 Å². The normalized spacial score (nSPS) is 15.9. The third kappa shape index (κ3) is 2.55. The molecule has 0 aliphatic heterocycles. The minimum atomic E-state index is -0.0515. The van der Waals surface area contributed by atoms with E-state index in [0.29, 0.717) is 6.54 Å². The topological polar surface area (TPSA) is 44.0 Å². The van der Waals surface area contributed by atoms with E-state index in [0.717, 1.165) is 43.1 Å². The lowest BCUT2D eigenvalue weighted by Gasteiger charge is -2.08. The lowest BCUT2D eigenvalue weighted by molar-refractivity contribution is -0.123. The van der Waals surface area contributed by atoms with E-state index in [9.17, 15) is 9.59 Å². The standard InChI is InChI=1S/C17H22N2O2/c1-2-11-18-14-9-5-6-10-15(14)19(17(18)21)12-16(20)13-7-3-4-8-13/h5-6,9-10,13H,2-4,7-8,11-12H2,1H3. The molecule has 1 aromatic heterocycles.